The minimum atomic E-state index is -0.264. The Hall–Kier alpha value is -3.21. The number of hydrogen-bond donors (Lipinski definition) is 2. The van der Waals surface area contributed by atoms with Crippen LogP contribution in [-0.2, 0) is 19.3 Å². The quantitative estimate of drug-likeness (QED) is 0.562. The summed E-state index contributed by atoms with van der Waals surface area (Å²) in [4.78, 5) is 12.5. The maximum Gasteiger partial charge on any atom is 0.289 e. The number of H-pyrrole nitrogens is 1. The van der Waals surface area contributed by atoms with E-state index in [1.54, 1.807) is 6.21 Å². The van der Waals surface area contributed by atoms with Gasteiger partial charge in [-0.3, -0.25) is 9.89 Å². The molecular weight excluding hydrogens is 324 g/mol. The normalized spacial score (nSPS) is 12.7. The van der Waals surface area contributed by atoms with E-state index in [0.29, 0.717) is 5.69 Å². The fourth-order valence-electron chi connectivity index (χ4n) is 3.31. The maximum absolute atomic E-state index is 12.5. The van der Waals surface area contributed by atoms with E-state index in [4.69, 9.17) is 0 Å². The van der Waals surface area contributed by atoms with Gasteiger partial charge in [-0.1, -0.05) is 55.5 Å². The van der Waals surface area contributed by atoms with Gasteiger partial charge >= 0.3 is 0 Å². The van der Waals surface area contributed by atoms with Crippen molar-refractivity contribution < 1.29 is 4.79 Å². The lowest BCUT2D eigenvalue weighted by Crippen LogP contribution is -2.20. The van der Waals surface area contributed by atoms with Crippen LogP contribution in [-0.4, -0.2) is 22.3 Å². The van der Waals surface area contributed by atoms with Crippen LogP contribution in [0.5, 0.6) is 0 Å². The number of aryl methyl sites for hydroxylation is 2. The molecule has 0 atom stereocenters. The van der Waals surface area contributed by atoms with Crippen molar-refractivity contribution in [1.29, 1.82) is 0 Å². The van der Waals surface area contributed by atoms with Crippen LogP contribution < -0.4 is 5.43 Å². The SMILES string of the molecule is CCc1ccc(/C=N/NC(=O)c2[nH]nc3c2CCc2ccccc2-3)cc1. The number of aromatic nitrogens is 2. The summed E-state index contributed by atoms with van der Waals surface area (Å²) in [5.74, 6) is -0.264. The third-order valence-corrected chi connectivity index (χ3v) is 4.78. The highest BCUT2D eigenvalue weighted by atomic mass is 16.2. The number of aromatic amines is 1. The van der Waals surface area contributed by atoms with Crippen LogP contribution in [0, 0.1) is 0 Å². The number of nitrogens with zero attached hydrogens (tertiary/aromatic N) is 2. The molecule has 0 unspecified atom stereocenters. The third kappa shape index (κ3) is 3.04. The molecule has 0 radical (unpaired) electrons. The van der Waals surface area contributed by atoms with Crippen LogP contribution in [0.15, 0.2) is 53.6 Å². The third-order valence-electron chi connectivity index (χ3n) is 4.78. The van der Waals surface area contributed by atoms with Crippen molar-refractivity contribution in [3.05, 3.63) is 76.5 Å². The molecule has 1 aromatic heterocycles. The van der Waals surface area contributed by atoms with E-state index in [9.17, 15) is 4.79 Å². The zero-order chi connectivity index (χ0) is 17.9. The topological polar surface area (TPSA) is 70.1 Å². The molecule has 3 aromatic rings. The second kappa shape index (κ2) is 6.96. The molecule has 1 amide bonds. The summed E-state index contributed by atoms with van der Waals surface area (Å²) in [5, 5.41) is 11.3. The van der Waals surface area contributed by atoms with E-state index < -0.39 is 0 Å². The molecule has 1 aliphatic carbocycles. The Kier molecular flexibility index (Phi) is 4.35. The lowest BCUT2D eigenvalue weighted by molar-refractivity contribution is 0.0949. The molecule has 0 saturated carbocycles. The molecule has 0 aliphatic heterocycles. The summed E-state index contributed by atoms with van der Waals surface area (Å²) in [5.41, 5.74) is 9.51. The zero-order valence-electron chi connectivity index (χ0n) is 14.6. The summed E-state index contributed by atoms with van der Waals surface area (Å²) in [6.07, 6.45) is 4.36. The molecular formula is C21H20N4O. The second-order valence-electron chi connectivity index (χ2n) is 6.38. The molecule has 5 heteroatoms. The Morgan fingerprint density at radius 3 is 2.81 bits per heavy atom. The van der Waals surface area contributed by atoms with Crippen molar-refractivity contribution in [3.63, 3.8) is 0 Å². The highest BCUT2D eigenvalue weighted by Crippen LogP contribution is 2.33. The number of carbonyl (C=O) groups is 1. The lowest BCUT2D eigenvalue weighted by atomic mass is 9.89. The standard InChI is InChI=1S/C21H20N4O/c1-2-14-7-9-15(10-8-14)13-22-25-21(26)20-18-12-11-16-5-3-4-6-17(16)19(18)23-24-20/h3-10,13H,2,11-12H2,1H3,(H,23,24)(H,25,26)/b22-13+. The molecule has 2 aromatic carbocycles. The molecule has 0 bridgehead atoms. The van der Waals surface area contributed by atoms with Gasteiger partial charge in [-0.15, -0.1) is 0 Å². The molecule has 130 valence electrons. The zero-order valence-corrected chi connectivity index (χ0v) is 14.6. The van der Waals surface area contributed by atoms with E-state index in [1.807, 2.05) is 30.3 Å². The second-order valence-corrected chi connectivity index (χ2v) is 6.38. The minimum absolute atomic E-state index is 0.264. The fourth-order valence-corrected chi connectivity index (χ4v) is 3.31. The largest absolute Gasteiger partial charge is 0.289 e. The number of benzene rings is 2. The van der Waals surface area contributed by atoms with Crippen LogP contribution in [0.3, 0.4) is 0 Å². The Morgan fingerprint density at radius 2 is 2.00 bits per heavy atom. The first kappa shape index (κ1) is 16.3. The van der Waals surface area contributed by atoms with E-state index in [2.05, 4.69) is 45.8 Å². The summed E-state index contributed by atoms with van der Waals surface area (Å²) < 4.78 is 0. The first-order valence-electron chi connectivity index (χ1n) is 8.84. The van der Waals surface area contributed by atoms with Gasteiger partial charge in [0.25, 0.3) is 5.91 Å². The van der Waals surface area contributed by atoms with Gasteiger partial charge in [0.15, 0.2) is 0 Å². The Balaban J connectivity index is 1.50. The number of nitrogens with one attached hydrogen (secondary N) is 2. The van der Waals surface area contributed by atoms with Crippen molar-refractivity contribution >= 4 is 12.1 Å². The van der Waals surface area contributed by atoms with Gasteiger partial charge in [-0.05, 0) is 36.0 Å². The van der Waals surface area contributed by atoms with Crippen molar-refractivity contribution in [2.24, 2.45) is 5.10 Å². The van der Waals surface area contributed by atoms with Crippen LogP contribution in [0.2, 0.25) is 0 Å². The summed E-state index contributed by atoms with van der Waals surface area (Å²) in [6, 6.07) is 16.3. The number of hydrazone groups is 1. The van der Waals surface area contributed by atoms with Gasteiger partial charge in [-0.2, -0.15) is 10.2 Å². The highest BCUT2D eigenvalue weighted by molar-refractivity contribution is 5.96. The van der Waals surface area contributed by atoms with E-state index in [-0.39, 0.29) is 5.91 Å². The van der Waals surface area contributed by atoms with E-state index in [0.717, 1.165) is 41.6 Å². The molecule has 1 aliphatic rings. The Labute approximate surface area is 152 Å². The number of fused-ring (bicyclic) bond motifs is 3. The molecule has 2 N–H and O–H groups in total. The summed E-state index contributed by atoms with van der Waals surface area (Å²) in [6.45, 7) is 2.12. The van der Waals surface area contributed by atoms with Crippen molar-refractivity contribution in [3.8, 4) is 11.3 Å². The maximum atomic E-state index is 12.5. The van der Waals surface area contributed by atoms with Crippen LogP contribution in [0.25, 0.3) is 11.3 Å². The smallest absolute Gasteiger partial charge is 0.272 e. The molecule has 0 saturated heterocycles. The van der Waals surface area contributed by atoms with Gasteiger partial charge in [-0.25, -0.2) is 5.43 Å². The number of rotatable bonds is 4. The average molecular weight is 344 g/mol. The molecule has 0 spiro atoms. The predicted molar refractivity (Wildman–Crippen MR) is 102 cm³/mol. The Morgan fingerprint density at radius 1 is 1.19 bits per heavy atom. The number of amides is 1. The van der Waals surface area contributed by atoms with E-state index >= 15 is 0 Å². The molecule has 1 heterocycles. The predicted octanol–water partition coefficient (Wildman–Crippen LogP) is 3.50. The van der Waals surface area contributed by atoms with Crippen molar-refractivity contribution in [2.45, 2.75) is 26.2 Å². The van der Waals surface area contributed by atoms with Gasteiger partial charge in [0.05, 0.1) is 11.9 Å². The summed E-state index contributed by atoms with van der Waals surface area (Å²) >= 11 is 0. The van der Waals surface area contributed by atoms with Gasteiger partial charge in [0.2, 0.25) is 0 Å². The fraction of sp³-hybridized carbons (Fsp3) is 0.190. The monoisotopic (exact) mass is 344 g/mol. The van der Waals surface area contributed by atoms with E-state index in [1.165, 1.54) is 11.1 Å². The number of hydrogen-bond acceptors (Lipinski definition) is 3. The van der Waals surface area contributed by atoms with Crippen molar-refractivity contribution in [2.75, 3.05) is 0 Å². The molecule has 4 rings (SSSR count). The van der Waals surface area contributed by atoms with Crippen LogP contribution in [0.4, 0.5) is 0 Å². The van der Waals surface area contributed by atoms with Gasteiger partial charge < -0.3 is 0 Å². The van der Waals surface area contributed by atoms with Gasteiger partial charge in [0, 0.05) is 11.1 Å². The van der Waals surface area contributed by atoms with Crippen LogP contribution >= 0.6 is 0 Å². The summed E-state index contributed by atoms with van der Waals surface area (Å²) in [7, 11) is 0. The van der Waals surface area contributed by atoms with Crippen LogP contribution in [0.1, 0.15) is 39.7 Å². The molecule has 5 nitrogen and oxygen atoms in total. The lowest BCUT2D eigenvalue weighted by Gasteiger charge is -2.15. The van der Waals surface area contributed by atoms with Crippen molar-refractivity contribution in [1.82, 2.24) is 15.6 Å². The number of carbonyl (C=O) groups excluding carboxylic acids is 1. The highest BCUT2D eigenvalue weighted by Gasteiger charge is 2.24. The first-order chi connectivity index (χ1) is 12.8. The minimum Gasteiger partial charge on any atom is -0.272 e. The first-order valence-corrected chi connectivity index (χ1v) is 8.84. The Bertz CT molecular complexity index is 970. The molecule has 0 fully saturated rings. The molecule has 26 heavy (non-hydrogen) atoms. The van der Waals surface area contributed by atoms with Gasteiger partial charge in [0.1, 0.15) is 5.69 Å². The average Bonchev–Trinajstić information content (AvgIpc) is 3.13.